The Labute approximate surface area is 239 Å². The number of aryl methyl sites for hydroxylation is 1. The number of nitrogens with zero attached hydrogens (tertiary/aromatic N) is 1. The Morgan fingerprint density at radius 1 is 0.780 bits per heavy atom. The molecule has 0 amide bonds. The van der Waals surface area contributed by atoms with Gasteiger partial charge in [0.15, 0.2) is 11.6 Å². The van der Waals surface area contributed by atoms with Gasteiger partial charge in [0.25, 0.3) is 5.92 Å². The Balaban J connectivity index is 1.59. The van der Waals surface area contributed by atoms with E-state index >= 15 is 13.2 Å². The van der Waals surface area contributed by atoms with Gasteiger partial charge in [0.05, 0.1) is 24.7 Å². The van der Waals surface area contributed by atoms with Crippen molar-refractivity contribution in [3.63, 3.8) is 0 Å². The number of hydrogen-bond donors (Lipinski definition) is 0. The highest BCUT2D eigenvalue weighted by molar-refractivity contribution is 5.42. The fraction of sp³-hybridized carbons (Fsp3) is 0.645. The zero-order chi connectivity index (χ0) is 29.7. The van der Waals surface area contributed by atoms with E-state index in [0.717, 1.165) is 50.7 Å². The lowest BCUT2D eigenvalue weighted by Crippen LogP contribution is -2.32. The van der Waals surface area contributed by atoms with Crippen LogP contribution in [0, 0.1) is 17.6 Å². The Kier molecular flexibility index (Phi) is 13.6. The standard InChI is InChI=1S/C31H42F5NO4/c1-3-5-7-16-39-18-10-20-40-25-14-12-23(28(32)29(25)33)24-13-11-22-21-26(37-30(34)27(22)31(24,35)36)41-19-9-8-17-38-15-6-4-2/h12,14,21,24H,3-11,13,15-20H2,1-2H3. The first-order chi connectivity index (χ1) is 19.8. The van der Waals surface area contributed by atoms with Gasteiger partial charge in [-0.1, -0.05) is 39.2 Å². The van der Waals surface area contributed by atoms with Crippen LogP contribution in [0.1, 0.15) is 94.2 Å². The van der Waals surface area contributed by atoms with Gasteiger partial charge in [-0.25, -0.2) is 13.2 Å². The van der Waals surface area contributed by atoms with Crippen LogP contribution in [0.15, 0.2) is 18.2 Å². The molecule has 0 aliphatic heterocycles. The molecule has 0 radical (unpaired) electrons. The number of ether oxygens (including phenoxy) is 4. The second kappa shape index (κ2) is 16.9. The first kappa shape index (κ1) is 33.0. The SMILES string of the molecule is CCCCCOCCCOc1ccc(C2CCc3cc(OCCCCOCCCC)nc(F)c3C2(F)F)c(F)c1F. The average Bonchev–Trinajstić information content (AvgIpc) is 2.94. The van der Waals surface area contributed by atoms with Crippen LogP contribution >= 0.6 is 0 Å². The summed E-state index contributed by atoms with van der Waals surface area (Å²) in [5.41, 5.74) is -1.37. The normalized spacial score (nSPS) is 16.0. The molecule has 41 heavy (non-hydrogen) atoms. The van der Waals surface area contributed by atoms with Crippen LogP contribution < -0.4 is 9.47 Å². The smallest absolute Gasteiger partial charge is 0.284 e. The number of fused-ring (bicyclic) bond motifs is 1. The lowest BCUT2D eigenvalue weighted by Gasteiger charge is -2.34. The fourth-order valence-electron chi connectivity index (χ4n) is 4.83. The van der Waals surface area contributed by atoms with Crippen molar-refractivity contribution in [1.82, 2.24) is 4.98 Å². The topological polar surface area (TPSA) is 49.8 Å². The number of benzene rings is 1. The molecule has 1 unspecified atom stereocenters. The minimum absolute atomic E-state index is 0.0359. The molecule has 0 spiro atoms. The molecule has 230 valence electrons. The maximum atomic E-state index is 15.6. The fourth-order valence-corrected chi connectivity index (χ4v) is 4.83. The second-order valence-corrected chi connectivity index (χ2v) is 10.3. The van der Waals surface area contributed by atoms with Crippen LogP contribution in [-0.4, -0.2) is 44.6 Å². The van der Waals surface area contributed by atoms with E-state index in [2.05, 4.69) is 18.8 Å². The van der Waals surface area contributed by atoms with Crippen LogP contribution in [-0.2, 0) is 21.8 Å². The Hall–Kier alpha value is -2.46. The molecule has 1 atom stereocenters. The third kappa shape index (κ3) is 9.26. The minimum Gasteiger partial charge on any atom is -0.490 e. The highest BCUT2D eigenvalue weighted by atomic mass is 19.3. The molecular formula is C31H42F5NO4. The van der Waals surface area contributed by atoms with Crippen molar-refractivity contribution in [3.8, 4) is 11.6 Å². The van der Waals surface area contributed by atoms with E-state index in [1.807, 2.05) is 0 Å². The van der Waals surface area contributed by atoms with Crippen LogP contribution in [0.4, 0.5) is 22.0 Å². The van der Waals surface area contributed by atoms with E-state index in [-0.39, 0.29) is 43.2 Å². The molecule has 10 heteroatoms. The number of rotatable bonds is 19. The highest BCUT2D eigenvalue weighted by Crippen LogP contribution is 2.51. The van der Waals surface area contributed by atoms with Crippen molar-refractivity contribution >= 4 is 0 Å². The van der Waals surface area contributed by atoms with E-state index in [4.69, 9.17) is 18.9 Å². The summed E-state index contributed by atoms with van der Waals surface area (Å²) in [5.74, 6) is -10.1. The van der Waals surface area contributed by atoms with Gasteiger partial charge < -0.3 is 18.9 Å². The quantitative estimate of drug-likeness (QED) is 0.0941. The first-order valence-corrected chi connectivity index (χ1v) is 14.8. The van der Waals surface area contributed by atoms with Crippen molar-refractivity contribution in [3.05, 3.63) is 52.5 Å². The summed E-state index contributed by atoms with van der Waals surface area (Å²) in [5, 5.41) is 0. The number of alkyl halides is 2. The van der Waals surface area contributed by atoms with Crippen molar-refractivity contribution < 1.29 is 40.9 Å². The van der Waals surface area contributed by atoms with Gasteiger partial charge in [0.2, 0.25) is 17.6 Å². The maximum Gasteiger partial charge on any atom is 0.284 e. The molecule has 3 rings (SSSR count). The molecule has 1 aromatic carbocycles. The third-order valence-corrected chi connectivity index (χ3v) is 7.12. The molecule has 0 saturated heterocycles. The molecular weight excluding hydrogens is 545 g/mol. The van der Waals surface area contributed by atoms with Gasteiger partial charge in [-0.2, -0.15) is 13.8 Å². The van der Waals surface area contributed by atoms with Crippen LogP contribution in [0.2, 0.25) is 0 Å². The summed E-state index contributed by atoms with van der Waals surface area (Å²) in [6, 6.07) is 3.54. The second-order valence-electron chi connectivity index (χ2n) is 10.3. The number of aromatic nitrogens is 1. The first-order valence-electron chi connectivity index (χ1n) is 14.8. The molecule has 1 aromatic heterocycles. The number of hydrogen-bond acceptors (Lipinski definition) is 5. The lowest BCUT2D eigenvalue weighted by molar-refractivity contribution is -0.0487. The van der Waals surface area contributed by atoms with Crippen molar-refractivity contribution in [2.45, 2.75) is 89.9 Å². The van der Waals surface area contributed by atoms with Crippen molar-refractivity contribution in [2.75, 3.05) is 39.6 Å². The van der Waals surface area contributed by atoms with Crippen molar-refractivity contribution in [2.24, 2.45) is 0 Å². The molecule has 0 fully saturated rings. The summed E-state index contributed by atoms with van der Waals surface area (Å²) < 4.78 is 97.6. The van der Waals surface area contributed by atoms with Gasteiger partial charge in [-0.05, 0) is 50.2 Å². The summed E-state index contributed by atoms with van der Waals surface area (Å²) in [4.78, 5) is 3.59. The summed E-state index contributed by atoms with van der Waals surface area (Å²) in [7, 11) is 0. The van der Waals surface area contributed by atoms with E-state index in [1.54, 1.807) is 0 Å². The molecule has 1 aliphatic carbocycles. The Morgan fingerprint density at radius 3 is 2.15 bits per heavy atom. The summed E-state index contributed by atoms with van der Waals surface area (Å²) >= 11 is 0. The van der Waals surface area contributed by atoms with Gasteiger partial charge in [0.1, 0.15) is 0 Å². The average molecular weight is 588 g/mol. The van der Waals surface area contributed by atoms with Gasteiger partial charge in [0, 0.05) is 44.5 Å². The van der Waals surface area contributed by atoms with E-state index in [9.17, 15) is 8.78 Å². The van der Waals surface area contributed by atoms with E-state index in [0.29, 0.717) is 39.3 Å². The molecule has 5 nitrogen and oxygen atoms in total. The van der Waals surface area contributed by atoms with Crippen molar-refractivity contribution in [1.29, 1.82) is 0 Å². The summed E-state index contributed by atoms with van der Waals surface area (Å²) in [6.45, 7) is 6.84. The van der Waals surface area contributed by atoms with Crippen LogP contribution in [0.25, 0.3) is 0 Å². The predicted molar refractivity (Wildman–Crippen MR) is 146 cm³/mol. The van der Waals surface area contributed by atoms with Crippen LogP contribution in [0.3, 0.4) is 0 Å². The lowest BCUT2D eigenvalue weighted by atomic mass is 9.77. The largest absolute Gasteiger partial charge is 0.490 e. The molecule has 1 aliphatic rings. The molecule has 1 heterocycles. The number of halogens is 5. The monoisotopic (exact) mass is 587 g/mol. The molecule has 0 bridgehead atoms. The molecule has 0 N–H and O–H groups in total. The van der Waals surface area contributed by atoms with Crippen LogP contribution in [0.5, 0.6) is 11.6 Å². The molecule has 0 saturated carbocycles. The van der Waals surface area contributed by atoms with E-state index < -0.39 is 40.5 Å². The maximum absolute atomic E-state index is 15.6. The summed E-state index contributed by atoms with van der Waals surface area (Å²) in [6.07, 6.45) is 6.87. The minimum atomic E-state index is -3.80. The number of pyridine rings is 1. The van der Waals surface area contributed by atoms with Gasteiger partial charge >= 0.3 is 0 Å². The zero-order valence-corrected chi connectivity index (χ0v) is 24.1. The molecule has 2 aromatic rings. The van der Waals surface area contributed by atoms with Gasteiger partial charge in [-0.3, -0.25) is 0 Å². The Morgan fingerprint density at radius 2 is 1.41 bits per heavy atom. The van der Waals surface area contributed by atoms with E-state index in [1.165, 1.54) is 6.07 Å². The zero-order valence-electron chi connectivity index (χ0n) is 24.1. The number of unbranched alkanes of at least 4 members (excludes halogenated alkanes) is 4. The highest BCUT2D eigenvalue weighted by Gasteiger charge is 2.50. The third-order valence-electron chi connectivity index (χ3n) is 7.12. The predicted octanol–water partition coefficient (Wildman–Crippen LogP) is 8.27. The van der Waals surface area contributed by atoms with Gasteiger partial charge in [-0.15, -0.1) is 0 Å². The Bertz CT molecular complexity index is 1080.